The van der Waals surface area contributed by atoms with E-state index in [-0.39, 0.29) is 18.5 Å². The zero-order valence-corrected chi connectivity index (χ0v) is 12.8. The zero-order valence-electron chi connectivity index (χ0n) is 12.1. The average Bonchev–Trinajstić information content (AvgIpc) is 2.52. The molecule has 2 rings (SSSR count). The van der Waals surface area contributed by atoms with Crippen LogP contribution in [0.5, 0.6) is 5.75 Å². The number of hydrogen-bond acceptors (Lipinski definition) is 5. The number of ether oxygens (including phenoxy) is 2. The smallest absolute Gasteiger partial charge is 0.311 e. The van der Waals surface area contributed by atoms with Crippen molar-refractivity contribution in [2.24, 2.45) is 5.92 Å². The van der Waals surface area contributed by atoms with Crippen LogP contribution in [0, 0.1) is 5.92 Å². The van der Waals surface area contributed by atoms with Gasteiger partial charge in [-0.15, -0.1) is 0 Å². The molecule has 1 aromatic rings. The molecule has 1 fully saturated rings. The van der Waals surface area contributed by atoms with Crippen LogP contribution in [-0.4, -0.2) is 43.6 Å². The van der Waals surface area contributed by atoms with Crippen LogP contribution < -0.4 is 10.2 Å². The molecule has 0 aromatic heterocycles. The van der Waals surface area contributed by atoms with Gasteiger partial charge in [0.05, 0.1) is 32.2 Å². The van der Waals surface area contributed by atoms with Crippen LogP contribution in [0.1, 0.15) is 16.8 Å². The van der Waals surface area contributed by atoms with E-state index < -0.39 is 23.7 Å². The Hall–Kier alpha value is -2.28. The van der Waals surface area contributed by atoms with Gasteiger partial charge in [-0.05, 0) is 18.2 Å². The highest BCUT2D eigenvalue weighted by molar-refractivity contribution is 6.31. The van der Waals surface area contributed by atoms with Crippen molar-refractivity contribution in [3.05, 3.63) is 28.8 Å². The van der Waals surface area contributed by atoms with Crippen molar-refractivity contribution in [1.82, 2.24) is 10.4 Å². The molecule has 1 atom stereocenters. The molecule has 1 aromatic carbocycles. The first kappa shape index (κ1) is 16.1. The van der Waals surface area contributed by atoms with Crippen molar-refractivity contribution >= 4 is 29.4 Å². The van der Waals surface area contributed by atoms with Crippen LogP contribution in [-0.2, 0) is 14.3 Å². The Bertz CT molecular complexity index is 619. The SMILES string of the molecule is COC(=O)C1CC(=O)NN(C(=O)c2cc(Cl)ccc2OC)C1. The van der Waals surface area contributed by atoms with Gasteiger partial charge in [-0.3, -0.25) is 19.8 Å². The summed E-state index contributed by atoms with van der Waals surface area (Å²) in [6, 6.07) is 4.58. The number of nitrogens with one attached hydrogen (secondary N) is 1. The quantitative estimate of drug-likeness (QED) is 0.838. The third-order valence-electron chi connectivity index (χ3n) is 3.27. The lowest BCUT2D eigenvalue weighted by Crippen LogP contribution is -2.54. The summed E-state index contributed by atoms with van der Waals surface area (Å²) in [5.41, 5.74) is 2.63. The molecule has 0 bridgehead atoms. The minimum atomic E-state index is -0.701. The summed E-state index contributed by atoms with van der Waals surface area (Å²) in [7, 11) is 2.66. The van der Waals surface area contributed by atoms with Gasteiger partial charge in [0, 0.05) is 11.4 Å². The van der Waals surface area contributed by atoms with Gasteiger partial charge in [-0.1, -0.05) is 11.6 Å². The number of esters is 1. The Balaban J connectivity index is 2.26. The van der Waals surface area contributed by atoms with Crippen molar-refractivity contribution in [2.45, 2.75) is 6.42 Å². The van der Waals surface area contributed by atoms with Gasteiger partial charge in [0.1, 0.15) is 5.75 Å². The number of carbonyl (C=O) groups excluding carboxylic acids is 3. The fourth-order valence-electron chi connectivity index (χ4n) is 2.20. The predicted octanol–water partition coefficient (Wildman–Crippen LogP) is 1.01. The van der Waals surface area contributed by atoms with Gasteiger partial charge in [0.2, 0.25) is 5.91 Å². The van der Waals surface area contributed by atoms with E-state index in [4.69, 9.17) is 16.3 Å². The summed E-state index contributed by atoms with van der Waals surface area (Å²) in [5.74, 6) is -1.86. The molecule has 2 amide bonds. The molecule has 0 saturated carbocycles. The lowest BCUT2D eigenvalue weighted by molar-refractivity contribution is -0.151. The normalized spacial score (nSPS) is 17.7. The summed E-state index contributed by atoms with van der Waals surface area (Å²) in [6.45, 7) is 0.0207. The molecule has 1 heterocycles. The van der Waals surface area contributed by atoms with Crippen LogP contribution in [0.15, 0.2) is 18.2 Å². The van der Waals surface area contributed by atoms with Crippen LogP contribution in [0.2, 0.25) is 5.02 Å². The summed E-state index contributed by atoms with van der Waals surface area (Å²) >= 11 is 5.90. The predicted molar refractivity (Wildman–Crippen MR) is 77.3 cm³/mol. The number of carbonyl (C=O) groups is 3. The van der Waals surface area contributed by atoms with Gasteiger partial charge in [0.15, 0.2) is 0 Å². The first-order valence-electron chi connectivity index (χ1n) is 6.49. The van der Waals surface area contributed by atoms with Crippen molar-refractivity contribution in [3.63, 3.8) is 0 Å². The molecule has 1 aliphatic heterocycles. The number of rotatable bonds is 3. The molecule has 0 aliphatic carbocycles. The highest BCUT2D eigenvalue weighted by Crippen LogP contribution is 2.25. The van der Waals surface area contributed by atoms with Gasteiger partial charge in [-0.2, -0.15) is 0 Å². The lowest BCUT2D eigenvalue weighted by atomic mass is 10.0. The molecule has 0 radical (unpaired) electrons. The van der Waals surface area contributed by atoms with Crippen molar-refractivity contribution in [3.8, 4) is 5.75 Å². The van der Waals surface area contributed by atoms with E-state index in [9.17, 15) is 14.4 Å². The number of hydrazine groups is 1. The van der Waals surface area contributed by atoms with E-state index in [1.54, 1.807) is 12.1 Å². The summed E-state index contributed by atoms with van der Waals surface area (Å²) in [4.78, 5) is 35.9. The standard InChI is InChI=1S/C14H15ClN2O5/c1-21-11-4-3-9(15)6-10(11)13(19)17-7-8(14(20)22-2)5-12(18)16-17/h3-4,6,8H,5,7H2,1-2H3,(H,16,18). The fraction of sp³-hybridized carbons (Fsp3) is 0.357. The molecule has 0 spiro atoms. The topological polar surface area (TPSA) is 84.9 Å². The first-order valence-corrected chi connectivity index (χ1v) is 6.86. The number of benzene rings is 1. The largest absolute Gasteiger partial charge is 0.496 e. The maximum Gasteiger partial charge on any atom is 0.311 e. The fourth-order valence-corrected chi connectivity index (χ4v) is 2.37. The summed E-state index contributed by atoms with van der Waals surface area (Å²) in [6.07, 6.45) is -0.0247. The monoisotopic (exact) mass is 326 g/mol. The Morgan fingerprint density at radius 3 is 2.73 bits per heavy atom. The molecular formula is C14H15ClN2O5. The van der Waals surface area contributed by atoms with E-state index in [0.29, 0.717) is 10.8 Å². The Morgan fingerprint density at radius 2 is 2.09 bits per heavy atom. The first-order chi connectivity index (χ1) is 10.5. The highest BCUT2D eigenvalue weighted by atomic mass is 35.5. The molecule has 7 nitrogen and oxygen atoms in total. The number of nitrogens with zero attached hydrogens (tertiary/aromatic N) is 1. The Kier molecular flexibility index (Phi) is 4.87. The van der Waals surface area contributed by atoms with Crippen LogP contribution >= 0.6 is 11.6 Å². The Labute approximate surface area is 132 Å². The van der Waals surface area contributed by atoms with Gasteiger partial charge in [0.25, 0.3) is 5.91 Å². The number of methoxy groups -OCH3 is 2. The molecule has 8 heteroatoms. The van der Waals surface area contributed by atoms with Crippen molar-refractivity contribution in [2.75, 3.05) is 20.8 Å². The Morgan fingerprint density at radius 1 is 1.36 bits per heavy atom. The molecule has 118 valence electrons. The lowest BCUT2D eigenvalue weighted by Gasteiger charge is -2.31. The van der Waals surface area contributed by atoms with E-state index in [0.717, 1.165) is 5.01 Å². The minimum absolute atomic E-state index is 0.0207. The third kappa shape index (κ3) is 3.30. The number of amides is 2. The van der Waals surface area contributed by atoms with Gasteiger partial charge in [-0.25, -0.2) is 5.01 Å². The second kappa shape index (κ2) is 6.65. The molecule has 22 heavy (non-hydrogen) atoms. The number of halogens is 1. The molecule has 1 saturated heterocycles. The van der Waals surface area contributed by atoms with E-state index >= 15 is 0 Å². The molecule has 1 aliphatic rings. The van der Waals surface area contributed by atoms with Gasteiger partial charge >= 0.3 is 5.97 Å². The van der Waals surface area contributed by atoms with Gasteiger partial charge < -0.3 is 9.47 Å². The molecule has 1 unspecified atom stereocenters. The van der Waals surface area contributed by atoms with Crippen molar-refractivity contribution < 1.29 is 23.9 Å². The minimum Gasteiger partial charge on any atom is -0.496 e. The van der Waals surface area contributed by atoms with Crippen LogP contribution in [0.25, 0.3) is 0 Å². The second-order valence-corrected chi connectivity index (χ2v) is 5.16. The summed E-state index contributed by atoms with van der Waals surface area (Å²) < 4.78 is 9.76. The maximum atomic E-state index is 12.6. The zero-order chi connectivity index (χ0) is 16.3. The molecule has 1 N–H and O–H groups in total. The highest BCUT2D eigenvalue weighted by Gasteiger charge is 2.34. The third-order valence-corrected chi connectivity index (χ3v) is 3.50. The second-order valence-electron chi connectivity index (χ2n) is 4.72. The number of hydrogen-bond donors (Lipinski definition) is 1. The maximum absolute atomic E-state index is 12.6. The van der Waals surface area contributed by atoms with Crippen molar-refractivity contribution in [1.29, 1.82) is 0 Å². The van der Waals surface area contributed by atoms with Crippen LogP contribution in [0.4, 0.5) is 0 Å². The summed E-state index contributed by atoms with van der Waals surface area (Å²) in [5, 5.41) is 1.43. The van der Waals surface area contributed by atoms with E-state index in [1.807, 2.05) is 0 Å². The average molecular weight is 327 g/mol. The van der Waals surface area contributed by atoms with Crippen LogP contribution in [0.3, 0.4) is 0 Å². The molecular weight excluding hydrogens is 312 g/mol. The van der Waals surface area contributed by atoms with E-state index in [1.165, 1.54) is 20.3 Å². The van der Waals surface area contributed by atoms with E-state index in [2.05, 4.69) is 10.2 Å².